The number of aliphatic imine (C=N–C) groups is 1. The SMILES string of the molecule is CC(C)(C)c1ccc2nc(C3=N[C@@H](OC=O)CS3)sc2c1. The van der Waals surface area contributed by atoms with E-state index in [4.69, 9.17) is 4.74 Å². The van der Waals surface area contributed by atoms with Crippen molar-refractivity contribution >= 4 is 44.8 Å². The first-order chi connectivity index (χ1) is 9.97. The first kappa shape index (κ1) is 14.5. The van der Waals surface area contributed by atoms with Crippen LogP contribution in [0.2, 0.25) is 0 Å². The molecule has 4 nitrogen and oxygen atoms in total. The van der Waals surface area contributed by atoms with Gasteiger partial charge in [0.05, 0.1) is 16.0 Å². The summed E-state index contributed by atoms with van der Waals surface area (Å²) in [4.78, 5) is 19.4. The molecule has 110 valence electrons. The molecule has 0 N–H and O–H groups in total. The maximum Gasteiger partial charge on any atom is 0.295 e. The van der Waals surface area contributed by atoms with Gasteiger partial charge >= 0.3 is 0 Å². The highest BCUT2D eigenvalue weighted by Crippen LogP contribution is 2.32. The third kappa shape index (κ3) is 2.96. The summed E-state index contributed by atoms with van der Waals surface area (Å²) in [5.41, 5.74) is 2.42. The van der Waals surface area contributed by atoms with E-state index in [9.17, 15) is 4.79 Å². The monoisotopic (exact) mass is 320 g/mol. The molecule has 21 heavy (non-hydrogen) atoms. The summed E-state index contributed by atoms with van der Waals surface area (Å²) in [6.45, 7) is 7.06. The molecule has 1 aliphatic rings. The number of aromatic nitrogens is 1. The Hall–Kier alpha value is -1.40. The molecule has 1 aromatic heterocycles. The van der Waals surface area contributed by atoms with Crippen molar-refractivity contribution in [2.75, 3.05) is 5.75 Å². The first-order valence-electron chi connectivity index (χ1n) is 6.68. The van der Waals surface area contributed by atoms with Crippen molar-refractivity contribution < 1.29 is 9.53 Å². The minimum atomic E-state index is -0.375. The quantitative estimate of drug-likeness (QED) is 0.811. The van der Waals surface area contributed by atoms with Gasteiger partial charge in [0.1, 0.15) is 10.1 Å². The van der Waals surface area contributed by atoms with Gasteiger partial charge in [-0.25, -0.2) is 9.98 Å². The lowest BCUT2D eigenvalue weighted by atomic mass is 9.87. The number of carbonyl (C=O) groups excluding carboxylic acids is 1. The largest absolute Gasteiger partial charge is 0.441 e. The van der Waals surface area contributed by atoms with E-state index in [2.05, 4.69) is 48.9 Å². The van der Waals surface area contributed by atoms with Crippen LogP contribution in [0.5, 0.6) is 0 Å². The highest BCUT2D eigenvalue weighted by molar-refractivity contribution is 8.15. The van der Waals surface area contributed by atoms with Gasteiger partial charge in [0.25, 0.3) is 6.47 Å². The van der Waals surface area contributed by atoms with E-state index in [1.54, 1.807) is 23.1 Å². The summed E-state index contributed by atoms with van der Waals surface area (Å²) in [5, 5.41) is 1.76. The van der Waals surface area contributed by atoms with Crippen LogP contribution in [0.25, 0.3) is 10.2 Å². The maximum absolute atomic E-state index is 10.4. The van der Waals surface area contributed by atoms with Gasteiger partial charge in [0.2, 0.25) is 6.23 Å². The summed E-state index contributed by atoms with van der Waals surface area (Å²) in [6.07, 6.45) is -0.375. The van der Waals surface area contributed by atoms with Gasteiger partial charge in [0, 0.05) is 0 Å². The molecule has 0 radical (unpaired) electrons. The molecule has 0 saturated heterocycles. The fourth-order valence-corrected chi connectivity index (χ4v) is 4.10. The number of nitrogens with zero attached hydrogens (tertiary/aromatic N) is 2. The number of thioether (sulfide) groups is 1. The zero-order valence-electron chi connectivity index (χ0n) is 12.1. The predicted octanol–water partition coefficient (Wildman–Crippen LogP) is 3.59. The average molecular weight is 320 g/mol. The lowest BCUT2D eigenvalue weighted by molar-refractivity contribution is -0.132. The molecule has 1 aliphatic heterocycles. The average Bonchev–Trinajstić information content (AvgIpc) is 3.02. The molecular formula is C15H16N2O2S2. The van der Waals surface area contributed by atoms with Gasteiger partial charge in [-0.15, -0.1) is 11.3 Å². The lowest BCUT2D eigenvalue weighted by Crippen LogP contribution is -2.10. The van der Waals surface area contributed by atoms with Crippen molar-refractivity contribution in [1.29, 1.82) is 0 Å². The van der Waals surface area contributed by atoms with Crippen LogP contribution < -0.4 is 0 Å². The Labute approximate surface area is 131 Å². The molecular weight excluding hydrogens is 304 g/mol. The summed E-state index contributed by atoms with van der Waals surface area (Å²) >= 11 is 3.22. The molecule has 0 aliphatic carbocycles. The van der Waals surface area contributed by atoms with Crippen molar-refractivity contribution in [3.63, 3.8) is 0 Å². The van der Waals surface area contributed by atoms with E-state index >= 15 is 0 Å². The number of fused-ring (bicyclic) bond motifs is 1. The van der Waals surface area contributed by atoms with Crippen molar-refractivity contribution in [2.24, 2.45) is 4.99 Å². The molecule has 0 bridgehead atoms. The van der Waals surface area contributed by atoms with Crippen LogP contribution in [-0.4, -0.2) is 28.5 Å². The highest BCUT2D eigenvalue weighted by atomic mass is 32.2. The Balaban J connectivity index is 1.95. The smallest absolute Gasteiger partial charge is 0.295 e. The zero-order valence-corrected chi connectivity index (χ0v) is 13.8. The van der Waals surface area contributed by atoms with Crippen LogP contribution in [0.3, 0.4) is 0 Å². The molecule has 2 heterocycles. The van der Waals surface area contributed by atoms with Crippen LogP contribution in [0, 0.1) is 0 Å². The normalized spacial score (nSPS) is 18.8. The topological polar surface area (TPSA) is 51.6 Å². The van der Waals surface area contributed by atoms with Crippen molar-refractivity contribution in [3.8, 4) is 0 Å². The van der Waals surface area contributed by atoms with Crippen LogP contribution in [0.1, 0.15) is 31.3 Å². The first-order valence-corrected chi connectivity index (χ1v) is 8.49. The van der Waals surface area contributed by atoms with E-state index in [0.29, 0.717) is 12.2 Å². The number of hydrogen-bond donors (Lipinski definition) is 0. The maximum atomic E-state index is 10.4. The molecule has 6 heteroatoms. The molecule has 1 aromatic carbocycles. The highest BCUT2D eigenvalue weighted by Gasteiger charge is 2.23. The Morgan fingerprint density at radius 1 is 1.38 bits per heavy atom. The number of thiazole rings is 1. The minimum absolute atomic E-state index is 0.126. The lowest BCUT2D eigenvalue weighted by Gasteiger charge is -2.18. The third-order valence-corrected chi connectivity index (χ3v) is 5.45. The number of benzene rings is 1. The second-order valence-corrected chi connectivity index (χ2v) is 7.92. The fourth-order valence-electron chi connectivity index (χ4n) is 2.09. The van der Waals surface area contributed by atoms with Crippen molar-refractivity contribution in [2.45, 2.75) is 32.4 Å². The molecule has 0 saturated carbocycles. The molecule has 0 unspecified atom stereocenters. The van der Waals surface area contributed by atoms with E-state index in [1.807, 2.05) is 0 Å². The van der Waals surface area contributed by atoms with Crippen LogP contribution in [-0.2, 0) is 14.9 Å². The molecule has 2 aromatic rings. The number of ether oxygens (including phenoxy) is 1. The second-order valence-electron chi connectivity index (χ2n) is 5.88. The Kier molecular flexibility index (Phi) is 3.75. The molecule has 3 rings (SSSR count). The summed E-state index contributed by atoms with van der Waals surface area (Å²) in [6, 6.07) is 6.40. The fraction of sp³-hybridized carbons (Fsp3) is 0.400. The number of hydrogen-bond acceptors (Lipinski definition) is 6. The Morgan fingerprint density at radius 2 is 2.19 bits per heavy atom. The van der Waals surface area contributed by atoms with Gasteiger partial charge < -0.3 is 4.74 Å². The van der Waals surface area contributed by atoms with Crippen LogP contribution >= 0.6 is 23.1 Å². The molecule has 1 atom stereocenters. The Bertz CT molecular complexity index is 716. The van der Waals surface area contributed by atoms with E-state index in [-0.39, 0.29) is 11.6 Å². The van der Waals surface area contributed by atoms with Gasteiger partial charge in [-0.1, -0.05) is 38.6 Å². The Morgan fingerprint density at radius 3 is 2.90 bits per heavy atom. The van der Waals surface area contributed by atoms with Gasteiger partial charge in [-0.2, -0.15) is 0 Å². The zero-order chi connectivity index (χ0) is 15.0. The van der Waals surface area contributed by atoms with Crippen LogP contribution in [0.15, 0.2) is 23.2 Å². The van der Waals surface area contributed by atoms with Gasteiger partial charge in [-0.05, 0) is 23.1 Å². The van der Waals surface area contributed by atoms with Gasteiger partial charge in [-0.3, -0.25) is 4.79 Å². The minimum Gasteiger partial charge on any atom is -0.441 e. The standard InChI is InChI=1S/C15H16N2O2S2/c1-15(2,3)9-4-5-10-11(6-9)21-14(16-10)13-17-12(7-20-13)19-8-18/h4-6,8,12H,7H2,1-3H3/t12-/m0/s1. The molecule has 0 spiro atoms. The van der Waals surface area contributed by atoms with E-state index in [0.717, 1.165) is 15.6 Å². The summed E-state index contributed by atoms with van der Waals surface area (Å²) in [5.74, 6) is 0.664. The summed E-state index contributed by atoms with van der Waals surface area (Å²) in [7, 11) is 0. The van der Waals surface area contributed by atoms with Crippen molar-refractivity contribution in [3.05, 3.63) is 28.8 Å². The molecule has 0 fully saturated rings. The van der Waals surface area contributed by atoms with E-state index < -0.39 is 0 Å². The van der Waals surface area contributed by atoms with Crippen LogP contribution in [0.4, 0.5) is 0 Å². The second kappa shape index (κ2) is 5.42. The molecule has 0 amide bonds. The van der Waals surface area contributed by atoms with E-state index in [1.165, 1.54) is 10.3 Å². The van der Waals surface area contributed by atoms with Crippen molar-refractivity contribution in [1.82, 2.24) is 4.98 Å². The number of rotatable bonds is 3. The number of carbonyl (C=O) groups is 1. The van der Waals surface area contributed by atoms with Gasteiger partial charge in [0.15, 0.2) is 0 Å². The predicted molar refractivity (Wildman–Crippen MR) is 88.3 cm³/mol. The third-order valence-electron chi connectivity index (χ3n) is 3.27. The summed E-state index contributed by atoms with van der Waals surface area (Å²) < 4.78 is 6.05.